The lowest BCUT2D eigenvalue weighted by molar-refractivity contribution is -0.305. The van der Waals surface area contributed by atoms with Crippen molar-refractivity contribution in [1.82, 2.24) is 0 Å². The van der Waals surface area contributed by atoms with E-state index in [4.69, 9.17) is 18.9 Å². The third kappa shape index (κ3) is 28.5. The van der Waals surface area contributed by atoms with Gasteiger partial charge >= 0.3 is 5.97 Å². The molecule has 0 amide bonds. The molecule has 1 rings (SSSR count). The predicted octanol–water partition coefficient (Wildman–Crippen LogP) is 9.24. The van der Waals surface area contributed by atoms with Crippen molar-refractivity contribution < 1.29 is 44.2 Å². The number of carbonyl (C=O) groups is 1. The van der Waals surface area contributed by atoms with Gasteiger partial charge in [0.1, 0.15) is 30.5 Å². The first kappa shape index (κ1) is 51.1. The maximum atomic E-state index is 12.7. The zero-order valence-electron chi connectivity index (χ0n) is 34.6. The van der Waals surface area contributed by atoms with Crippen molar-refractivity contribution in [3.8, 4) is 0 Å². The lowest BCUT2D eigenvalue weighted by Gasteiger charge is -2.39. The van der Waals surface area contributed by atoms with Gasteiger partial charge in [0.2, 0.25) is 0 Å². The third-order valence-corrected chi connectivity index (χ3v) is 8.97. The Hall–Kier alpha value is -2.89. The fraction of sp³-hybridized carbons (Fsp3) is 0.638. The molecule has 4 N–H and O–H groups in total. The van der Waals surface area contributed by atoms with E-state index in [1.165, 1.54) is 6.42 Å². The zero-order valence-corrected chi connectivity index (χ0v) is 34.6. The zero-order chi connectivity index (χ0) is 40.7. The fourth-order valence-electron chi connectivity index (χ4n) is 5.66. The number of rotatable bonds is 34. The fourth-order valence-corrected chi connectivity index (χ4v) is 5.66. The molecule has 1 aliphatic heterocycles. The van der Waals surface area contributed by atoms with Crippen molar-refractivity contribution in [2.75, 3.05) is 26.4 Å². The van der Waals surface area contributed by atoms with E-state index in [-0.39, 0.29) is 25.6 Å². The van der Waals surface area contributed by atoms with E-state index in [2.05, 4.69) is 111 Å². The van der Waals surface area contributed by atoms with Crippen LogP contribution in [-0.2, 0) is 23.7 Å². The molecule has 6 atom stereocenters. The van der Waals surface area contributed by atoms with Gasteiger partial charge in [-0.15, -0.1) is 0 Å². The van der Waals surface area contributed by atoms with Crippen molar-refractivity contribution in [3.05, 3.63) is 97.2 Å². The number of aliphatic hydroxyl groups is 4. The van der Waals surface area contributed by atoms with Crippen LogP contribution in [0.4, 0.5) is 0 Å². The van der Waals surface area contributed by atoms with Gasteiger partial charge in [0.05, 0.1) is 19.8 Å². The Kier molecular flexibility index (Phi) is 34.4. The third-order valence-electron chi connectivity index (χ3n) is 8.97. The van der Waals surface area contributed by atoms with Crippen LogP contribution in [0.3, 0.4) is 0 Å². The van der Waals surface area contributed by atoms with Crippen LogP contribution in [0.2, 0.25) is 0 Å². The SMILES string of the molecule is CC/C=C\C/C=C\C/C=C\C/C=C\C/C=C\C/C=C\CCCOCC(COC1OC(CO)C(O)C(O)C1O)OC(=O)CCCCCCC/C=C\C/C=C\CCC. The summed E-state index contributed by atoms with van der Waals surface area (Å²) in [5.74, 6) is -0.354. The molecule has 0 radical (unpaired) electrons. The summed E-state index contributed by atoms with van der Waals surface area (Å²) >= 11 is 0. The smallest absolute Gasteiger partial charge is 0.306 e. The number of allylic oxidation sites excluding steroid dienone is 16. The van der Waals surface area contributed by atoms with E-state index in [0.717, 1.165) is 103 Å². The van der Waals surface area contributed by atoms with Crippen molar-refractivity contribution in [2.45, 2.75) is 166 Å². The van der Waals surface area contributed by atoms with E-state index < -0.39 is 43.4 Å². The van der Waals surface area contributed by atoms with Crippen molar-refractivity contribution in [2.24, 2.45) is 0 Å². The van der Waals surface area contributed by atoms with Crippen molar-refractivity contribution >= 4 is 5.97 Å². The van der Waals surface area contributed by atoms with Crippen LogP contribution in [-0.4, -0.2) is 89.6 Å². The monoisotopic (exact) mass is 785 g/mol. The summed E-state index contributed by atoms with van der Waals surface area (Å²) in [4.78, 5) is 12.7. The molecular weight excluding hydrogens is 709 g/mol. The highest BCUT2D eigenvalue weighted by Crippen LogP contribution is 2.22. The average Bonchev–Trinajstić information content (AvgIpc) is 3.20. The van der Waals surface area contributed by atoms with Gasteiger partial charge in [0.25, 0.3) is 0 Å². The van der Waals surface area contributed by atoms with Gasteiger partial charge < -0.3 is 39.4 Å². The number of aliphatic hydroxyl groups excluding tert-OH is 4. The Balaban J connectivity index is 2.35. The summed E-state index contributed by atoms with van der Waals surface area (Å²) in [6.07, 6.45) is 44.4. The molecule has 0 aromatic heterocycles. The molecule has 6 unspecified atom stereocenters. The van der Waals surface area contributed by atoms with E-state index >= 15 is 0 Å². The summed E-state index contributed by atoms with van der Waals surface area (Å²) in [5, 5.41) is 40.0. The largest absolute Gasteiger partial charge is 0.457 e. The number of unbranched alkanes of at least 4 members (excludes halogenated alkanes) is 7. The number of carbonyl (C=O) groups excluding carboxylic acids is 1. The highest BCUT2D eigenvalue weighted by atomic mass is 16.7. The minimum atomic E-state index is -1.55. The second kappa shape index (κ2) is 37.7. The van der Waals surface area contributed by atoms with E-state index in [0.29, 0.717) is 6.61 Å². The Morgan fingerprint density at radius 1 is 0.589 bits per heavy atom. The number of esters is 1. The second-order valence-electron chi connectivity index (χ2n) is 14.0. The average molecular weight is 785 g/mol. The molecule has 9 heteroatoms. The predicted molar refractivity (Wildman–Crippen MR) is 228 cm³/mol. The normalized spacial score (nSPS) is 21.6. The van der Waals surface area contributed by atoms with Crippen LogP contribution in [0, 0.1) is 0 Å². The van der Waals surface area contributed by atoms with Crippen LogP contribution in [0.5, 0.6) is 0 Å². The molecule has 0 aromatic rings. The molecule has 1 heterocycles. The topological polar surface area (TPSA) is 135 Å². The number of hydrogen-bond acceptors (Lipinski definition) is 9. The van der Waals surface area contributed by atoms with Crippen LogP contribution < -0.4 is 0 Å². The van der Waals surface area contributed by atoms with Gasteiger partial charge in [0, 0.05) is 13.0 Å². The van der Waals surface area contributed by atoms with Gasteiger partial charge in [-0.1, -0.05) is 137 Å². The van der Waals surface area contributed by atoms with E-state index in [9.17, 15) is 25.2 Å². The Morgan fingerprint density at radius 2 is 1.09 bits per heavy atom. The van der Waals surface area contributed by atoms with E-state index in [1.54, 1.807) is 0 Å². The molecule has 9 nitrogen and oxygen atoms in total. The van der Waals surface area contributed by atoms with Crippen molar-refractivity contribution in [3.63, 3.8) is 0 Å². The Labute approximate surface area is 339 Å². The second-order valence-corrected chi connectivity index (χ2v) is 14.0. The van der Waals surface area contributed by atoms with Gasteiger partial charge in [-0.05, 0) is 83.5 Å². The van der Waals surface area contributed by atoms with E-state index in [1.807, 2.05) is 0 Å². The maximum absolute atomic E-state index is 12.7. The van der Waals surface area contributed by atoms with Crippen LogP contribution in [0.1, 0.15) is 129 Å². The summed E-state index contributed by atoms with van der Waals surface area (Å²) < 4.78 is 22.7. The lowest BCUT2D eigenvalue weighted by atomic mass is 9.99. The van der Waals surface area contributed by atoms with Crippen LogP contribution in [0.15, 0.2) is 97.2 Å². The van der Waals surface area contributed by atoms with Crippen LogP contribution in [0.25, 0.3) is 0 Å². The molecule has 0 bridgehead atoms. The minimum Gasteiger partial charge on any atom is -0.457 e. The quantitative estimate of drug-likeness (QED) is 0.0286. The Bertz CT molecular complexity index is 1170. The first-order valence-corrected chi connectivity index (χ1v) is 21.3. The molecule has 0 aromatic carbocycles. The molecule has 318 valence electrons. The molecule has 1 aliphatic rings. The molecular formula is C47H76O9. The molecule has 0 saturated carbocycles. The summed E-state index contributed by atoms with van der Waals surface area (Å²) in [7, 11) is 0. The summed E-state index contributed by atoms with van der Waals surface area (Å²) in [6, 6.07) is 0. The van der Waals surface area contributed by atoms with Gasteiger partial charge in [-0.25, -0.2) is 0 Å². The van der Waals surface area contributed by atoms with Gasteiger partial charge in [-0.3, -0.25) is 4.79 Å². The first-order chi connectivity index (χ1) is 27.4. The van der Waals surface area contributed by atoms with Crippen LogP contribution >= 0.6 is 0 Å². The molecule has 0 spiro atoms. The molecule has 1 fully saturated rings. The van der Waals surface area contributed by atoms with Gasteiger partial charge in [-0.2, -0.15) is 0 Å². The minimum absolute atomic E-state index is 0.0921. The standard InChI is InChI=1S/C47H76O9/c1-3-5-7-9-11-13-15-17-18-19-20-21-22-23-25-27-29-31-33-35-37-53-39-41(40-54-47-46(52)45(51)44(50)42(38-48)56-47)55-43(49)36-34-32-30-28-26-24-16-14-12-10-8-6-4-2/h5,7-8,10-11,13-14,16-18,20-21,23,25,29,31,41-42,44-48,50-52H,3-4,6,9,12,15,19,22,24,26-28,30,32-40H2,1-2H3/b7-5-,10-8-,13-11-,16-14-,18-17-,21-20-,25-23-,31-29-. The van der Waals surface area contributed by atoms with Gasteiger partial charge in [0.15, 0.2) is 6.29 Å². The summed E-state index contributed by atoms with van der Waals surface area (Å²) in [6.45, 7) is 4.17. The molecule has 0 aliphatic carbocycles. The molecule has 56 heavy (non-hydrogen) atoms. The number of ether oxygens (including phenoxy) is 4. The first-order valence-electron chi connectivity index (χ1n) is 21.3. The maximum Gasteiger partial charge on any atom is 0.306 e. The highest BCUT2D eigenvalue weighted by Gasteiger charge is 2.44. The van der Waals surface area contributed by atoms with Crippen molar-refractivity contribution in [1.29, 1.82) is 0 Å². The highest BCUT2D eigenvalue weighted by molar-refractivity contribution is 5.69. The molecule has 1 saturated heterocycles. The lowest BCUT2D eigenvalue weighted by Crippen LogP contribution is -2.59. The summed E-state index contributed by atoms with van der Waals surface area (Å²) in [5.41, 5.74) is 0. The number of hydrogen-bond donors (Lipinski definition) is 4. The Morgan fingerprint density at radius 3 is 1.64 bits per heavy atom.